The van der Waals surface area contributed by atoms with E-state index in [1.165, 1.54) is 0 Å². The van der Waals surface area contributed by atoms with Crippen molar-refractivity contribution in [2.75, 3.05) is 83.4 Å². The van der Waals surface area contributed by atoms with E-state index in [0.717, 1.165) is 39.9 Å². The Morgan fingerprint density at radius 2 is 0.505 bits per heavy atom. The first-order valence-electron chi connectivity index (χ1n) is 32.2. The standard InChI is InChI=1S/C40H38N4O7.C40H36N4O6/c41-25-48-34-21-23-40(24-22-34)51-36-13-3-30(4-14-36)43(26-42-29-1-11-35(12-2-29)49-38-17-7-32(46)8-18-38)27-44(28-45)31-5-15-37(16-6-31)50-39-19-9-33(47)10-20-39;41-25-47-34-21-23-40(24-22-34)50-37-15-5-31(6-16-37)44-27-42(29-1-11-35(12-2-29)48-38-17-7-32(45)8-18-38)26-43(28-44)30-3-13-36(14-4-30)49-39-19-9-33(46)10-20-39/h1-24,42,45-47H,25-28,41H2;1-24,45-46H,25-28,41H2. The number of nitrogens with zero attached hydrogens (tertiary/aromatic N) is 5. The van der Waals surface area contributed by atoms with Crippen LogP contribution in [0.5, 0.6) is 103 Å². The third-order valence-electron chi connectivity index (χ3n) is 15.8. The number of aliphatic hydroxyl groups is 1. The molecule has 21 nitrogen and oxygen atoms in total. The second-order valence-corrected chi connectivity index (χ2v) is 22.9. The first-order valence-corrected chi connectivity index (χ1v) is 32.2. The number of phenols is 4. The molecule has 101 heavy (non-hydrogen) atoms. The van der Waals surface area contributed by atoms with Crippen LogP contribution in [0.4, 0.5) is 34.1 Å². The zero-order valence-electron chi connectivity index (χ0n) is 54.8. The number of phenolic OH excluding ortho intramolecular Hbond substituents is 4. The molecule has 0 unspecified atom stereocenters. The van der Waals surface area contributed by atoms with Crippen molar-refractivity contribution in [3.63, 3.8) is 0 Å². The quantitative estimate of drug-likeness (QED) is 0.0223. The molecule has 0 amide bonds. The Labute approximate surface area is 584 Å². The topological polar surface area (TPSA) is 255 Å². The van der Waals surface area contributed by atoms with Crippen molar-refractivity contribution in [2.24, 2.45) is 11.5 Å². The Kier molecular flexibility index (Phi) is 22.3. The fourth-order valence-electron chi connectivity index (χ4n) is 10.6. The van der Waals surface area contributed by atoms with Gasteiger partial charge in [0.25, 0.3) is 0 Å². The summed E-state index contributed by atoms with van der Waals surface area (Å²) in [7, 11) is 0. The zero-order chi connectivity index (χ0) is 69.7. The average Bonchev–Trinajstić information content (AvgIpc) is 0.809. The van der Waals surface area contributed by atoms with Gasteiger partial charge in [0, 0.05) is 34.1 Å². The van der Waals surface area contributed by atoms with Crippen LogP contribution >= 0.6 is 0 Å². The Morgan fingerprint density at radius 3 is 0.762 bits per heavy atom. The largest absolute Gasteiger partial charge is 0.508 e. The summed E-state index contributed by atoms with van der Waals surface area (Å²) in [5.74, 6) is 10.0. The van der Waals surface area contributed by atoms with Crippen LogP contribution in [0.25, 0.3) is 0 Å². The lowest BCUT2D eigenvalue weighted by Gasteiger charge is -2.45. The molecule has 12 aromatic rings. The Bertz CT molecular complexity index is 4400. The molecule has 13 rings (SSSR count). The predicted octanol–water partition coefficient (Wildman–Crippen LogP) is 16.5. The molecule has 0 spiro atoms. The van der Waals surface area contributed by atoms with Crippen LogP contribution < -0.4 is 79.2 Å². The summed E-state index contributed by atoms with van der Waals surface area (Å²) in [5.41, 5.74) is 16.6. The van der Waals surface area contributed by atoms with E-state index < -0.39 is 0 Å². The normalized spacial score (nSPS) is 11.7. The smallest absolute Gasteiger partial charge is 0.137 e. The van der Waals surface area contributed by atoms with Gasteiger partial charge in [0.15, 0.2) is 0 Å². The summed E-state index contributed by atoms with van der Waals surface area (Å²) in [6.07, 6.45) is 0. The number of rotatable bonds is 27. The number of aromatic hydroxyl groups is 4. The highest BCUT2D eigenvalue weighted by Gasteiger charge is 2.25. The van der Waals surface area contributed by atoms with Gasteiger partial charge < -0.3 is 93.2 Å². The minimum absolute atomic E-state index is 0.0994. The molecule has 10 N–H and O–H groups in total. The maximum Gasteiger partial charge on any atom is 0.137 e. The van der Waals surface area contributed by atoms with Gasteiger partial charge in [-0.2, -0.15) is 0 Å². The molecule has 12 aromatic carbocycles. The van der Waals surface area contributed by atoms with E-state index >= 15 is 0 Å². The van der Waals surface area contributed by atoms with Crippen molar-refractivity contribution in [3.8, 4) is 103 Å². The highest BCUT2D eigenvalue weighted by Crippen LogP contribution is 2.36. The molecule has 1 fully saturated rings. The number of hydrogen-bond donors (Lipinski definition) is 8. The van der Waals surface area contributed by atoms with Gasteiger partial charge in [-0.3, -0.25) is 11.5 Å². The summed E-state index contributed by atoms with van der Waals surface area (Å²) in [5, 5.41) is 52.2. The lowest BCUT2D eigenvalue weighted by atomic mass is 10.2. The SMILES string of the molecule is NCOc1ccc(Oc2ccc(N(CNc3ccc(Oc4ccc(O)cc4)cc3)CN(CO)c3ccc(Oc4ccc(O)cc4)cc3)cc2)cc1.NCOc1ccc(Oc2ccc(N3CN(c4ccc(Oc5ccc(O)cc5)cc4)CN(c4ccc(Oc5ccc(O)cc5)cc4)C3)cc2)cc1. The maximum atomic E-state index is 10.5. The van der Waals surface area contributed by atoms with E-state index in [9.17, 15) is 25.5 Å². The van der Waals surface area contributed by atoms with Gasteiger partial charge in [0.05, 0.1) is 33.3 Å². The van der Waals surface area contributed by atoms with Gasteiger partial charge >= 0.3 is 0 Å². The van der Waals surface area contributed by atoms with Gasteiger partial charge in [-0.25, -0.2) is 0 Å². The van der Waals surface area contributed by atoms with Gasteiger partial charge in [0.2, 0.25) is 0 Å². The summed E-state index contributed by atoms with van der Waals surface area (Å²) < 4.78 is 46.5. The van der Waals surface area contributed by atoms with E-state index in [0.29, 0.717) is 108 Å². The van der Waals surface area contributed by atoms with Crippen molar-refractivity contribution in [1.82, 2.24) is 0 Å². The molecule has 0 aliphatic carbocycles. The van der Waals surface area contributed by atoms with Crippen LogP contribution in [0.2, 0.25) is 0 Å². The van der Waals surface area contributed by atoms with Crippen LogP contribution in [0, 0.1) is 0 Å². The number of benzene rings is 12. The molecule has 21 heteroatoms. The number of nitrogens with one attached hydrogen (secondary N) is 1. The summed E-state index contributed by atoms with van der Waals surface area (Å²) in [4.78, 5) is 10.8. The van der Waals surface area contributed by atoms with Crippen LogP contribution in [-0.2, 0) is 0 Å². The molecular formula is C80H74N8O13. The van der Waals surface area contributed by atoms with Crippen molar-refractivity contribution in [2.45, 2.75) is 0 Å². The van der Waals surface area contributed by atoms with E-state index in [1.807, 2.05) is 175 Å². The van der Waals surface area contributed by atoms with E-state index in [2.05, 4.69) is 37.0 Å². The van der Waals surface area contributed by atoms with Gasteiger partial charge in [-0.1, -0.05) is 0 Å². The molecule has 512 valence electrons. The van der Waals surface area contributed by atoms with Crippen molar-refractivity contribution >= 4 is 34.1 Å². The number of aliphatic hydroxyl groups excluding tert-OH is 1. The van der Waals surface area contributed by atoms with Gasteiger partial charge in [-0.05, 0) is 291 Å². The number of ether oxygens (including phenoxy) is 8. The molecule has 1 aliphatic rings. The molecule has 1 heterocycles. The monoisotopic (exact) mass is 1350 g/mol. The van der Waals surface area contributed by atoms with Crippen LogP contribution in [0.3, 0.4) is 0 Å². The summed E-state index contributed by atoms with van der Waals surface area (Å²) in [6.45, 7) is 2.68. The van der Waals surface area contributed by atoms with E-state index in [-0.39, 0.29) is 43.2 Å². The maximum absolute atomic E-state index is 10.5. The highest BCUT2D eigenvalue weighted by molar-refractivity contribution is 5.62. The van der Waals surface area contributed by atoms with Crippen LogP contribution in [0.1, 0.15) is 0 Å². The van der Waals surface area contributed by atoms with E-state index in [1.54, 1.807) is 109 Å². The third-order valence-corrected chi connectivity index (χ3v) is 15.8. The highest BCUT2D eigenvalue weighted by atomic mass is 16.5. The predicted molar refractivity (Wildman–Crippen MR) is 391 cm³/mol. The summed E-state index contributed by atoms with van der Waals surface area (Å²) in [6, 6.07) is 87.7. The molecule has 0 atom stereocenters. The lowest BCUT2D eigenvalue weighted by Crippen LogP contribution is -2.55. The Balaban J connectivity index is 0.000000191. The van der Waals surface area contributed by atoms with E-state index in [4.69, 9.17) is 49.4 Å². The van der Waals surface area contributed by atoms with Crippen molar-refractivity contribution in [1.29, 1.82) is 0 Å². The van der Waals surface area contributed by atoms with Gasteiger partial charge in [-0.15, -0.1) is 0 Å². The molecule has 1 saturated heterocycles. The number of nitrogens with two attached hydrogens (primary N) is 2. The molecule has 0 radical (unpaired) electrons. The van der Waals surface area contributed by atoms with Crippen molar-refractivity contribution in [3.05, 3.63) is 291 Å². The molecular weight excluding hydrogens is 1280 g/mol. The second-order valence-electron chi connectivity index (χ2n) is 22.9. The fraction of sp³-hybridized carbons (Fsp3) is 0.100. The molecule has 0 saturated carbocycles. The molecule has 1 aliphatic heterocycles. The van der Waals surface area contributed by atoms with Crippen molar-refractivity contribution < 1.29 is 63.4 Å². The van der Waals surface area contributed by atoms with Crippen LogP contribution in [0.15, 0.2) is 291 Å². The number of hydrogen-bond acceptors (Lipinski definition) is 21. The molecule has 0 bridgehead atoms. The van der Waals surface area contributed by atoms with Crippen LogP contribution in [-0.4, -0.2) is 79.1 Å². The first kappa shape index (κ1) is 67.9. The number of anilines is 6. The summed E-state index contributed by atoms with van der Waals surface area (Å²) >= 11 is 0. The average molecular weight is 1360 g/mol. The van der Waals surface area contributed by atoms with Gasteiger partial charge in [0.1, 0.15) is 124 Å². The minimum Gasteiger partial charge on any atom is -0.508 e. The Hall–Kier alpha value is -13.1. The minimum atomic E-state index is -0.233. The second kappa shape index (κ2) is 33.2. The molecule has 0 aromatic heterocycles. The fourth-order valence-corrected chi connectivity index (χ4v) is 10.6. The third kappa shape index (κ3) is 19.4. The zero-order valence-corrected chi connectivity index (χ0v) is 54.8. The Morgan fingerprint density at radius 1 is 0.287 bits per heavy atom. The lowest BCUT2D eigenvalue weighted by molar-refractivity contribution is 0.290. The first-order chi connectivity index (χ1) is 49.4.